The van der Waals surface area contributed by atoms with E-state index in [1.165, 1.54) is 0 Å². The van der Waals surface area contributed by atoms with Crippen LogP contribution in [0.2, 0.25) is 0 Å². The first-order valence-corrected chi connectivity index (χ1v) is 5.33. The van der Waals surface area contributed by atoms with Gasteiger partial charge in [-0.05, 0) is 35.0 Å². The van der Waals surface area contributed by atoms with E-state index in [0.29, 0.717) is 0 Å². The Morgan fingerprint density at radius 2 is 2.18 bits per heavy atom. The quantitative estimate of drug-likeness (QED) is 0.758. The third-order valence-electron chi connectivity index (χ3n) is 1.39. The molecular formula is C8H9Br2N. The molecule has 0 amide bonds. The summed E-state index contributed by atoms with van der Waals surface area (Å²) in [6, 6.07) is 4.04. The Balaban J connectivity index is 2.93. The lowest BCUT2D eigenvalue weighted by atomic mass is 10.3. The number of pyridine rings is 1. The fourth-order valence-electron chi connectivity index (χ4n) is 0.858. The maximum Gasteiger partial charge on any atom is 0.0556 e. The Morgan fingerprint density at radius 1 is 1.45 bits per heavy atom. The maximum absolute atomic E-state index is 4.39. The van der Waals surface area contributed by atoms with Crippen LogP contribution in [0.25, 0.3) is 0 Å². The molecule has 0 atom stereocenters. The van der Waals surface area contributed by atoms with Crippen LogP contribution in [0.1, 0.15) is 11.4 Å². The van der Waals surface area contributed by atoms with Crippen molar-refractivity contribution in [3.63, 3.8) is 0 Å². The van der Waals surface area contributed by atoms with Crippen molar-refractivity contribution in [3.8, 4) is 0 Å². The third kappa shape index (κ3) is 2.56. The van der Waals surface area contributed by atoms with Crippen molar-refractivity contribution in [1.82, 2.24) is 4.98 Å². The second-order valence-electron chi connectivity index (χ2n) is 2.32. The van der Waals surface area contributed by atoms with Gasteiger partial charge in [-0.2, -0.15) is 0 Å². The van der Waals surface area contributed by atoms with Crippen molar-refractivity contribution in [2.45, 2.75) is 13.3 Å². The molecule has 0 aliphatic heterocycles. The van der Waals surface area contributed by atoms with Crippen LogP contribution < -0.4 is 0 Å². The number of alkyl halides is 1. The first-order chi connectivity index (χ1) is 5.24. The highest BCUT2D eigenvalue weighted by molar-refractivity contribution is 9.10. The molecule has 0 aromatic carbocycles. The molecule has 1 aromatic rings. The molecule has 0 saturated heterocycles. The minimum Gasteiger partial charge on any atom is -0.257 e. The van der Waals surface area contributed by atoms with Gasteiger partial charge < -0.3 is 0 Å². The van der Waals surface area contributed by atoms with Crippen molar-refractivity contribution in [2.75, 3.05) is 5.33 Å². The van der Waals surface area contributed by atoms with Crippen molar-refractivity contribution >= 4 is 31.9 Å². The molecule has 11 heavy (non-hydrogen) atoms. The molecule has 1 nitrogen and oxygen atoms in total. The average Bonchev–Trinajstić information content (AvgIpc) is 1.98. The molecule has 0 spiro atoms. The van der Waals surface area contributed by atoms with Crippen LogP contribution in [0.5, 0.6) is 0 Å². The summed E-state index contributed by atoms with van der Waals surface area (Å²) in [6.45, 7) is 2.00. The molecule has 1 aromatic heterocycles. The van der Waals surface area contributed by atoms with Gasteiger partial charge in [0.15, 0.2) is 0 Å². The van der Waals surface area contributed by atoms with Gasteiger partial charge in [0, 0.05) is 21.9 Å². The number of hydrogen-bond donors (Lipinski definition) is 0. The van der Waals surface area contributed by atoms with Gasteiger partial charge in [0.25, 0.3) is 0 Å². The third-order valence-corrected chi connectivity index (χ3v) is 2.51. The second-order valence-corrected chi connectivity index (χ2v) is 3.97. The summed E-state index contributed by atoms with van der Waals surface area (Å²) in [5.74, 6) is 0. The molecule has 0 bridgehead atoms. The van der Waals surface area contributed by atoms with E-state index in [9.17, 15) is 0 Å². The van der Waals surface area contributed by atoms with Gasteiger partial charge in [-0.3, -0.25) is 4.98 Å². The van der Waals surface area contributed by atoms with E-state index >= 15 is 0 Å². The van der Waals surface area contributed by atoms with Gasteiger partial charge in [0.05, 0.1) is 5.69 Å². The summed E-state index contributed by atoms with van der Waals surface area (Å²) in [4.78, 5) is 4.39. The second kappa shape index (κ2) is 4.21. The molecule has 60 valence electrons. The van der Waals surface area contributed by atoms with Crippen molar-refractivity contribution in [2.24, 2.45) is 0 Å². The lowest BCUT2D eigenvalue weighted by Gasteiger charge is -2.01. The molecule has 1 rings (SSSR count). The monoisotopic (exact) mass is 277 g/mol. The molecule has 0 radical (unpaired) electrons. The normalized spacial score (nSPS) is 10.1. The predicted octanol–water partition coefficient (Wildman–Crippen LogP) is 3.09. The van der Waals surface area contributed by atoms with Crippen LogP contribution in [0, 0.1) is 6.92 Å². The Labute approximate surface area is 83.5 Å². The van der Waals surface area contributed by atoms with Gasteiger partial charge in [0.2, 0.25) is 0 Å². The Kier molecular flexibility index (Phi) is 3.52. The zero-order chi connectivity index (χ0) is 8.27. The topological polar surface area (TPSA) is 12.9 Å². The molecule has 0 saturated carbocycles. The van der Waals surface area contributed by atoms with E-state index in [1.807, 2.05) is 19.1 Å². The maximum atomic E-state index is 4.39. The summed E-state index contributed by atoms with van der Waals surface area (Å²) >= 11 is 6.83. The summed E-state index contributed by atoms with van der Waals surface area (Å²) in [5.41, 5.74) is 2.20. The zero-order valence-electron chi connectivity index (χ0n) is 6.27. The average molecular weight is 279 g/mol. The van der Waals surface area contributed by atoms with E-state index in [-0.39, 0.29) is 0 Å². The molecule has 3 heteroatoms. The van der Waals surface area contributed by atoms with Crippen LogP contribution in [0.3, 0.4) is 0 Å². The first-order valence-electron chi connectivity index (χ1n) is 3.42. The fraction of sp³-hybridized carbons (Fsp3) is 0.375. The standard InChI is InChI=1S/C8H9Br2N/c1-6-2-3-7(10)8(11-6)4-5-9/h2-3H,4-5H2,1H3. The van der Waals surface area contributed by atoms with Crippen LogP contribution in [0.4, 0.5) is 0 Å². The minimum absolute atomic E-state index is 0.960. The number of nitrogens with zero attached hydrogens (tertiary/aromatic N) is 1. The Hall–Kier alpha value is 0.110. The van der Waals surface area contributed by atoms with E-state index in [0.717, 1.165) is 27.6 Å². The molecular weight excluding hydrogens is 270 g/mol. The summed E-state index contributed by atoms with van der Waals surface area (Å²) in [6.07, 6.45) is 0.974. The van der Waals surface area contributed by atoms with E-state index < -0.39 is 0 Å². The van der Waals surface area contributed by atoms with Gasteiger partial charge >= 0.3 is 0 Å². The summed E-state index contributed by atoms with van der Waals surface area (Å²) < 4.78 is 1.10. The number of halogens is 2. The molecule has 1 heterocycles. The van der Waals surface area contributed by atoms with E-state index in [2.05, 4.69) is 36.8 Å². The highest BCUT2D eigenvalue weighted by Gasteiger charge is 1.99. The summed E-state index contributed by atoms with van der Waals surface area (Å²) in [5, 5.41) is 0.960. The van der Waals surface area contributed by atoms with Crippen LogP contribution in [-0.2, 0) is 6.42 Å². The van der Waals surface area contributed by atoms with Gasteiger partial charge in [0.1, 0.15) is 0 Å². The lowest BCUT2D eigenvalue weighted by molar-refractivity contribution is 1.01. The fourth-order valence-corrected chi connectivity index (χ4v) is 1.65. The van der Waals surface area contributed by atoms with Crippen molar-refractivity contribution in [3.05, 3.63) is 28.0 Å². The zero-order valence-corrected chi connectivity index (χ0v) is 9.44. The van der Waals surface area contributed by atoms with E-state index in [4.69, 9.17) is 0 Å². The molecule has 0 aliphatic rings. The molecule has 0 fully saturated rings. The smallest absolute Gasteiger partial charge is 0.0556 e. The largest absolute Gasteiger partial charge is 0.257 e. The molecule has 0 N–H and O–H groups in total. The number of rotatable bonds is 2. The van der Waals surface area contributed by atoms with Crippen LogP contribution in [0.15, 0.2) is 16.6 Å². The lowest BCUT2D eigenvalue weighted by Crippen LogP contribution is -1.94. The number of aryl methyl sites for hydroxylation is 2. The highest BCUT2D eigenvalue weighted by Crippen LogP contribution is 2.15. The number of aromatic nitrogens is 1. The van der Waals surface area contributed by atoms with E-state index in [1.54, 1.807) is 0 Å². The minimum atomic E-state index is 0.960. The Bertz CT molecular complexity index is 248. The van der Waals surface area contributed by atoms with Crippen molar-refractivity contribution < 1.29 is 0 Å². The summed E-state index contributed by atoms with van der Waals surface area (Å²) in [7, 11) is 0. The molecule has 0 unspecified atom stereocenters. The van der Waals surface area contributed by atoms with Gasteiger partial charge in [-0.15, -0.1) is 0 Å². The Morgan fingerprint density at radius 3 is 2.82 bits per heavy atom. The highest BCUT2D eigenvalue weighted by atomic mass is 79.9. The van der Waals surface area contributed by atoms with Crippen molar-refractivity contribution in [1.29, 1.82) is 0 Å². The van der Waals surface area contributed by atoms with Crippen LogP contribution >= 0.6 is 31.9 Å². The molecule has 0 aliphatic carbocycles. The SMILES string of the molecule is Cc1ccc(Br)c(CCBr)n1. The first kappa shape index (κ1) is 9.20. The number of hydrogen-bond acceptors (Lipinski definition) is 1. The predicted molar refractivity (Wildman–Crippen MR) is 54.2 cm³/mol. The van der Waals surface area contributed by atoms with Gasteiger partial charge in [-0.1, -0.05) is 15.9 Å². The van der Waals surface area contributed by atoms with Crippen LogP contribution in [-0.4, -0.2) is 10.3 Å². The van der Waals surface area contributed by atoms with Gasteiger partial charge in [-0.25, -0.2) is 0 Å².